The Bertz CT molecular complexity index is 1100. The lowest BCUT2D eigenvalue weighted by molar-refractivity contribution is 0.102. The van der Waals surface area contributed by atoms with Gasteiger partial charge in [-0.25, -0.2) is 18.3 Å². The second kappa shape index (κ2) is 8.79. The number of hydrogen-bond donors (Lipinski definition) is 2. The van der Waals surface area contributed by atoms with Gasteiger partial charge in [-0.3, -0.25) is 9.48 Å². The van der Waals surface area contributed by atoms with Gasteiger partial charge in [-0.15, -0.1) is 0 Å². The number of nitrogens with zero attached hydrogens (tertiary/aromatic N) is 6. The number of fused-ring (bicyclic) bond motifs is 1. The van der Waals surface area contributed by atoms with Gasteiger partial charge < -0.3 is 20.3 Å². The van der Waals surface area contributed by atoms with Gasteiger partial charge in [0.05, 0.1) is 31.1 Å². The van der Waals surface area contributed by atoms with Crippen LogP contribution in [0, 0.1) is 0 Å². The number of morpholine rings is 1. The van der Waals surface area contributed by atoms with E-state index in [0.29, 0.717) is 37.8 Å². The van der Waals surface area contributed by atoms with Crippen molar-refractivity contribution in [3.63, 3.8) is 0 Å². The lowest BCUT2D eigenvalue weighted by Gasteiger charge is -2.27. The molecule has 3 aromatic rings. The molecule has 0 aliphatic carbocycles. The van der Waals surface area contributed by atoms with Crippen molar-refractivity contribution in [3.05, 3.63) is 35.9 Å². The first-order valence-corrected chi connectivity index (χ1v) is 10.7. The fraction of sp³-hybridized carbons (Fsp3) is 0.500. The summed E-state index contributed by atoms with van der Waals surface area (Å²) in [7, 11) is 0. The average molecular weight is 446 g/mol. The molecule has 0 bridgehead atoms. The number of alkyl halides is 2. The second-order valence-corrected chi connectivity index (χ2v) is 7.86. The lowest BCUT2D eigenvalue weighted by atomic mass is 10.1. The van der Waals surface area contributed by atoms with Crippen LogP contribution in [0.5, 0.6) is 0 Å². The van der Waals surface area contributed by atoms with Crippen LogP contribution >= 0.6 is 0 Å². The zero-order valence-electron chi connectivity index (χ0n) is 17.4. The summed E-state index contributed by atoms with van der Waals surface area (Å²) in [6, 6.07) is 1.85. The first-order valence-electron chi connectivity index (χ1n) is 10.7. The quantitative estimate of drug-likeness (QED) is 0.617. The minimum absolute atomic E-state index is 0.00668. The molecule has 0 radical (unpaired) electrons. The first kappa shape index (κ1) is 20.8. The van der Waals surface area contributed by atoms with Crippen molar-refractivity contribution in [1.82, 2.24) is 29.7 Å². The Balaban J connectivity index is 1.41. The molecule has 170 valence electrons. The third-order valence-electron chi connectivity index (χ3n) is 5.83. The molecular weight excluding hydrogens is 422 g/mol. The zero-order valence-corrected chi connectivity index (χ0v) is 17.4. The van der Waals surface area contributed by atoms with E-state index in [1.165, 1.54) is 16.9 Å². The van der Waals surface area contributed by atoms with Crippen LogP contribution in [0.25, 0.3) is 5.65 Å². The zero-order chi connectivity index (χ0) is 22.1. The summed E-state index contributed by atoms with van der Waals surface area (Å²) in [5, 5.41) is 14.1. The summed E-state index contributed by atoms with van der Waals surface area (Å²) in [4.78, 5) is 19.7. The molecule has 10 nitrogen and oxygen atoms in total. The van der Waals surface area contributed by atoms with Crippen molar-refractivity contribution in [2.24, 2.45) is 0 Å². The number of hydrogen-bond acceptors (Lipinski definition) is 7. The second-order valence-electron chi connectivity index (χ2n) is 7.86. The number of piperidine rings is 1. The average Bonchev–Trinajstić information content (AvgIpc) is 3.44. The molecule has 3 aromatic heterocycles. The number of anilines is 2. The Hall–Kier alpha value is -3.12. The molecule has 2 aliphatic rings. The number of carbonyl (C=O) groups is 1. The summed E-state index contributed by atoms with van der Waals surface area (Å²) >= 11 is 0. The van der Waals surface area contributed by atoms with Gasteiger partial charge in [-0.05, 0) is 32.0 Å². The predicted molar refractivity (Wildman–Crippen MR) is 112 cm³/mol. The maximum Gasteiger partial charge on any atom is 0.284 e. The van der Waals surface area contributed by atoms with Crippen molar-refractivity contribution in [2.75, 3.05) is 49.6 Å². The van der Waals surface area contributed by atoms with Gasteiger partial charge in [-0.2, -0.15) is 10.2 Å². The molecule has 12 heteroatoms. The number of rotatable bonds is 5. The van der Waals surface area contributed by atoms with Crippen LogP contribution in [0.4, 0.5) is 20.3 Å². The van der Waals surface area contributed by atoms with E-state index in [-0.39, 0.29) is 17.3 Å². The summed E-state index contributed by atoms with van der Waals surface area (Å²) in [5.74, 6) is 0.153. The highest BCUT2D eigenvalue weighted by molar-refractivity contribution is 6.08. The fourth-order valence-electron chi connectivity index (χ4n) is 4.10. The molecule has 0 saturated carbocycles. The normalized spacial score (nSPS) is 17.9. The van der Waals surface area contributed by atoms with E-state index in [1.54, 1.807) is 10.9 Å². The van der Waals surface area contributed by atoms with Crippen molar-refractivity contribution >= 4 is 23.1 Å². The van der Waals surface area contributed by atoms with Crippen molar-refractivity contribution in [2.45, 2.75) is 25.3 Å². The van der Waals surface area contributed by atoms with Crippen LogP contribution in [0.3, 0.4) is 0 Å². The van der Waals surface area contributed by atoms with E-state index in [0.717, 1.165) is 25.9 Å². The van der Waals surface area contributed by atoms with E-state index in [1.807, 2.05) is 6.07 Å². The van der Waals surface area contributed by atoms with Crippen molar-refractivity contribution in [1.29, 1.82) is 0 Å². The van der Waals surface area contributed by atoms with Gasteiger partial charge in [0.1, 0.15) is 11.4 Å². The van der Waals surface area contributed by atoms with E-state index >= 15 is 0 Å². The van der Waals surface area contributed by atoms with Crippen LogP contribution in [0.2, 0.25) is 0 Å². The summed E-state index contributed by atoms with van der Waals surface area (Å²) < 4.78 is 35.7. The number of amides is 1. The molecule has 2 fully saturated rings. The Labute approximate surface area is 182 Å². The minimum atomic E-state index is -2.80. The first-order chi connectivity index (χ1) is 15.6. The Morgan fingerprint density at radius 2 is 2.03 bits per heavy atom. The molecule has 32 heavy (non-hydrogen) atoms. The van der Waals surface area contributed by atoms with Crippen LogP contribution in [0.1, 0.15) is 41.4 Å². The molecule has 5 rings (SSSR count). The van der Waals surface area contributed by atoms with Gasteiger partial charge in [0.25, 0.3) is 12.3 Å². The number of aromatic nitrogens is 5. The fourth-order valence-corrected chi connectivity index (χ4v) is 4.10. The molecule has 5 heterocycles. The SMILES string of the molecule is O=C(Nc1cn(C2CCNCC2)nc1C(F)F)c1cnn2ccc(N3CCOCC3)nc12. The molecule has 2 aliphatic heterocycles. The molecule has 0 unspecified atom stereocenters. The third kappa shape index (κ3) is 4.02. The third-order valence-corrected chi connectivity index (χ3v) is 5.83. The van der Waals surface area contributed by atoms with Crippen LogP contribution in [0.15, 0.2) is 24.7 Å². The van der Waals surface area contributed by atoms with E-state index < -0.39 is 18.0 Å². The molecule has 1 amide bonds. The Morgan fingerprint density at radius 1 is 1.25 bits per heavy atom. The summed E-state index contributed by atoms with van der Waals surface area (Å²) in [6.07, 6.45) is 3.39. The Morgan fingerprint density at radius 3 is 2.78 bits per heavy atom. The van der Waals surface area contributed by atoms with Gasteiger partial charge >= 0.3 is 0 Å². The van der Waals surface area contributed by atoms with Crippen LogP contribution in [-0.2, 0) is 4.74 Å². The Kier molecular flexibility index (Phi) is 5.70. The maximum atomic E-state index is 13.6. The molecular formula is C20H24F2N8O2. The van der Waals surface area contributed by atoms with E-state index in [9.17, 15) is 13.6 Å². The monoisotopic (exact) mass is 446 g/mol. The lowest BCUT2D eigenvalue weighted by Crippen LogP contribution is -2.36. The smallest absolute Gasteiger partial charge is 0.284 e. The standard InChI is InChI=1S/C20H24F2N8O2/c21-18(22)17-15(12-30(27-17)13-1-4-23-5-2-13)25-20(31)14-11-24-29-6-3-16(26-19(14)29)28-7-9-32-10-8-28/h3,6,11-13,18,23H,1-2,4-5,7-10H2,(H,25,31). The number of nitrogens with one attached hydrogen (secondary N) is 2. The maximum absolute atomic E-state index is 13.6. The number of halogens is 2. The predicted octanol–water partition coefficient (Wildman–Crippen LogP) is 1.88. The summed E-state index contributed by atoms with van der Waals surface area (Å²) in [6.45, 7) is 4.22. The van der Waals surface area contributed by atoms with E-state index in [2.05, 4.69) is 30.7 Å². The molecule has 0 atom stereocenters. The summed E-state index contributed by atoms with van der Waals surface area (Å²) in [5.41, 5.74) is 0.133. The minimum Gasteiger partial charge on any atom is -0.378 e. The van der Waals surface area contributed by atoms with Gasteiger partial charge in [0.2, 0.25) is 0 Å². The van der Waals surface area contributed by atoms with Crippen LogP contribution < -0.4 is 15.5 Å². The topological polar surface area (TPSA) is 102 Å². The highest BCUT2D eigenvalue weighted by atomic mass is 19.3. The largest absolute Gasteiger partial charge is 0.378 e. The van der Waals surface area contributed by atoms with Crippen LogP contribution in [-0.4, -0.2) is 69.7 Å². The van der Waals surface area contributed by atoms with Gasteiger partial charge in [0.15, 0.2) is 11.3 Å². The number of ether oxygens (including phenoxy) is 1. The molecule has 2 saturated heterocycles. The molecule has 2 N–H and O–H groups in total. The molecule has 0 spiro atoms. The van der Waals surface area contributed by atoms with Crippen molar-refractivity contribution < 1.29 is 18.3 Å². The van der Waals surface area contributed by atoms with Crippen molar-refractivity contribution in [3.8, 4) is 0 Å². The molecule has 0 aromatic carbocycles. The highest BCUT2D eigenvalue weighted by Crippen LogP contribution is 2.29. The van der Waals surface area contributed by atoms with E-state index in [4.69, 9.17) is 4.74 Å². The number of carbonyl (C=O) groups excluding carboxylic acids is 1. The van der Waals surface area contributed by atoms with Gasteiger partial charge in [0, 0.05) is 25.5 Å². The van der Waals surface area contributed by atoms with Gasteiger partial charge in [-0.1, -0.05) is 0 Å². The highest BCUT2D eigenvalue weighted by Gasteiger charge is 2.25.